The van der Waals surface area contributed by atoms with E-state index in [0.717, 1.165) is 21.7 Å². The third kappa shape index (κ3) is 1.09. The minimum Gasteiger partial charge on any atom is -0.0527 e. The van der Waals surface area contributed by atoms with Crippen LogP contribution >= 0.6 is 0 Å². The predicted octanol–water partition coefficient (Wildman–Crippen LogP) is 6.55. The van der Waals surface area contributed by atoms with Crippen molar-refractivity contribution in [1.82, 2.24) is 0 Å². The molecule has 14 rings (SSSR count). The first kappa shape index (κ1) is 14.9. The molecule has 0 aromatic carbocycles. The molecule has 4 spiro atoms. The Morgan fingerprint density at radius 1 is 0.552 bits per heavy atom. The maximum absolute atomic E-state index is 1.78. The summed E-state index contributed by atoms with van der Waals surface area (Å²) in [4.78, 5) is 0. The SMILES string of the molecule is C1CC2C3CC45C(C1)C2CC1C3CC23CC6CC(C2)C2C4CC4CC2(C6)C3C15C4. The maximum atomic E-state index is 1.78. The van der Waals surface area contributed by atoms with E-state index in [4.69, 9.17) is 0 Å². The number of hydrogen-bond acceptors (Lipinski definition) is 0. The average molecular weight is 387 g/mol. The summed E-state index contributed by atoms with van der Waals surface area (Å²) in [5.74, 6) is 14.5. The molecule has 29 heavy (non-hydrogen) atoms. The Hall–Kier alpha value is 0. The summed E-state index contributed by atoms with van der Waals surface area (Å²) in [7, 11) is 0. The number of rotatable bonds is 0. The molecule has 16 atom stereocenters. The van der Waals surface area contributed by atoms with Gasteiger partial charge >= 0.3 is 0 Å². The molecular formula is C29H38. The normalized spacial score (nSPS) is 81.9. The Balaban J connectivity index is 1.31. The van der Waals surface area contributed by atoms with Gasteiger partial charge in [-0.15, -0.1) is 0 Å². The molecule has 0 heterocycles. The largest absolute Gasteiger partial charge is 0.0527 e. The highest BCUT2D eigenvalue weighted by molar-refractivity contribution is 5.39. The van der Waals surface area contributed by atoms with Crippen LogP contribution in [0.15, 0.2) is 0 Å². The van der Waals surface area contributed by atoms with Gasteiger partial charge in [-0.25, -0.2) is 0 Å². The van der Waals surface area contributed by atoms with Crippen LogP contribution in [0.1, 0.15) is 83.5 Å². The molecule has 16 bridgehead atoms. The van der Waals surface area contributed by atoms with E-state index in [9.17, 15) is 0 Å². The zero-order valence-corrected chi connectivity index (χ0v) is 18.1. The van der Waals surface area contributed by atoms with Crippen molar-refractivity contribution in [3.05, 3.63) is 0 Å². The van der Waals surface area contributed by atoms with Gasteiger partial charge in [0.25, 0.3) is 0 Å². The smallest absolute Gasteiger partial charge is 0.0163 e. The van der Waals surface area contributed by atoms with Crippen LogP contribution < -0.4 is 0 Å². The Morgan fingerprint density at radius 3 is 2.45 bits per heavy atom. The summed E-state index contributed by atoms with van der Waals surface area (Å²) in [6, 6.07) is 0. The van der Waals surface area contributed by atoms with E-state index < -0.39 is 0 Å². The Morgan fingerprint density at radius 2 is 1.48 bits per heavy atom. The molecule has 0 aliphatic heterocycles. The molecule has 16 unspecified atom stereocenters. The summed E-state index contributed by atoms with van der Waals surface area (Å²) >= 11 is 0. The summed E-state index contributed by atoms with van der Waals surface area (Å²) in [5.41, 5.74) is 3.56. The minimum absolute atomic E-state index is 0.874. The van der Waals surface area contributed by atoms with Crippen LogP contribution in [0.25, 0.3) is 0 Å². The van der Waals surface area contributed by atoms with Crippen molar-refractivity contribution < 1.29 is 0 Å². The molecule has 0 N–H and O–H groups in total. The van der Waals surface area contributed by atoms with Crippen molar-refractivity contribution in [2.75, 3.05) is 0 Å². The summed E-state index contributed by atoms with van der Waals surface area (Å²) in [6.45, 7) is 0. The third-order valence-corrected chi connectivity index (χ3v) is 16.2. The fraction of sp³-hybridized carbons (Fsp3) is 1.00. The monoisotopic (exact) mass is 386 g/mol. The van der Waals surface area contributed by atoms with Gasteiger partial charge in [-0.1, -0.05) is 6.42 Å². The van der Waals surface area contributed by atoms with Crippen LogP contribution in [0.3, 0.4) is 0 Å². The van der Waals surface area contributed by atoms with E-state index in [1.165, 1.54) is 71.0 Å². The van der Waals surface area contributed by atoms with E-state index in [0.29, 0.717) is 0 Å². The van der Waals surface area contributed by atoms with Gasteiger partial charge < -0.3 is 0 Å². The van der Waals surface area contributed by atoms with Crippen molar-refractivity contribution in [1.29, 1.82) is 0 Å². The van der Waals surface area contributed by atoms with Gasteiger partial charge in [0.2, 0.25) is 0 Å². The van der Waals surface area contributed by atoms with E-state index in [1.807, 2.05) is 0 Å². The summed E-state index contributed by atoms with van der Waals surface area (Å²) < 4.78 is 0. The maximum Gasteiger partial charge on any atom is -0.0163 e. The molecule has 0 saturated heterocycles. The van der Waals surface area contributed by atoms with E-state index >= 15 is 0 Å². The quantitative estimate of drug-likeness (QED) is 0.443. The molecule has 154 valence electrons. The topological polar surface area (TPSA) is 0 Å². The zero-order valence-electron chi connectivity index (χ0n) is 18.1. The molecular weight excluding hydrogens is 348 g/mol. The van der Waals surface area contributed by atoms with Crippen molar-refractivity contribution >= 4 is 0 Å². The van der Waals surface area contributed by atoms with Gasteiger partial charge in [0.15, 0.2) is 0 Å². The van der Waals surface area contributed by atoms with Gasteiger partial charge in [0, 0.05) is 0 Å². The van der Waals surface area contributed by atoms with Crippen molar-refractivity contribution in [2.24, 2.45) is 92.7 Å². The lowest BCUT2D eigenvalue weighted by Crippen LogP contribution is -2.89. The standard InChI is InChI=1S/C29H38/c1-2-17-18-6-22-20-12-26-7-14-4-16(11-26)24-23-5-15-9-27(24,8-14)25(26)29(22,10-15)28(23,13-19(17)20)21(18)3-1/h14-25H,1-13H2. The second-order valence-corrected chi connectivity index (χ2v) is 15.7. The molecule has 0 heteroatoms. The molecule has 14 aliphatic rings. The highest BCUT2D eigenvalue weighted by Crippen LogP contribution is 2.97. The molecule has 0 nitrogen and oxygen atoms in total. The third-order valence-electron chi connectivity index (χ3n) is 16.2. The second-order valence-electron chi connectivity index (χ2n) is 15.7. The molecule has 14 saturated carbocycles. The van der Waals surface area contributed by atoms with Crippen molar-refractivity contribution in [3.8, 4) is 0 Å². The fourth-order valence-electron chi connectivity index (χ4n) is 17.9. The van der Waals surface area contributed by atoms with Gasteiger partial charge in [-0.05, 0) is 170 Å². The first-order valence-electron chi connectivity index (χ1n) is 14.2. The molecule has 0 amide bonds. The zero-order chi connectivity index (χ0) is 18.1. The van der Waals surface area contributed by atoms with Gasteiger partial charge in [-0.3, -0.25) is 0 Å². The van der Waals surface area contributed by atoms with Crippen molar-refractivity contribution in [2.45, 2.75) is 83.5 Å². The highest BCUT2D eigenvalue weighted by Gasteiger charge is 2.91. The van der Waals surface area contributed by atoms with E-state index in [-0.39, 0.29) is 0 Å². The van der Waals surface area contributed by atoms with Crippen molar-refractivity contribution in [3.63, 3.8) is 0 Å². The molecule has 0 aromatic heterocycles. The van der Waals surface area contributed by atoms with Crippen LogP contribution in [-0.4, -0.2) is 0 Å². The van der Waals surface area contributed by atoms with E-state index in [1.54, 1.807) is 83.5 Å². The molecule has 0 radical (unpaired) electrons. The van der Waals surface area contributed by atoms with Gasteiger partial charge in [0.05, 0.1) is 0 Å². The highest BCUT2D eigenvalue weighted by atomic mass is 15.0. The van der Waals surface area contributed by atoms with Crippen LogP contribution in [0.2, 0.25) is 0 Å². The second kappa shape index (κ2) is 3.83. The van der Waals surface area contributed by atoms with Crippen LogP contribution in [0, 0.1) is 92.7 Å². The lowest BCUT2D eigenvalue weighted by molar-refractivity contribution is -0.472. The van der Waals surface area contributed by atoms with E-state index in [2.05, 4.69) is 0 Å². The van der Waals surface area contributed by atoms with Gasteiger partial charge in [-0.2, -0.15) is 0 Å². The van der Waals surface area contributed by atoms with Crippen LogP contribution in [0.5, 0.6) is 0 Å². The lowest BCUT2D eigenvalue weighted by Gasteiger charge is -2.95. The van der Waals surface area contributed by atoms with Crippen LogP contribution in [-0.2, 0) is 0 Å². The first-order valence-corrected chi connectivity index (χ1v) is 14.2. The summed E-state index contributed by atoms with van der Waals surface area (Å²) in [5, 5.41) is 0. The molecule has 0 aromatic rings. The van der Waals surface area contributed by atoms with Gasteiger partial charge in [0.1, 0.15) is 0 Å². The predicted molar refractivity (Wildman–Crippen MR) is 112 cm³/mol. The minimum atomic E-state index is 0.874. The fourth-order valence-corrected chi connectivity index (χ4v) is 17.9. The molecule has 14 fully saturated rings. The Labute approximate surface area is 176 Å². The Kier molecular flexibility index (Phi) is 1.97. The Bertz CT molecular complexity index is 900. The summed E-state index contributed by atoms with van der Waals surface area (Å²) in [6.07, 6.45) is 22.4. The average Bonchev–Trinajstić information content (AvgIpc) is 2.66. The molecule has 14 aliphatic carbocycles. The lowest BCUT2D eigenvalue weighted by atomic mass is 9.09. The number of hydrogen-bond donors (Lipinski definition) is 0. The van der Waals surface area contributed by atoms with Crippen LogP contribution in [0.4, 0.5) is 0 Å². The first-order chi connectivity index (χ1) is 14.2.